The van der Waals surface area contributed by atoms with E-state index in [1.165, 1.54) is 5.56 Å². The molecule has 1 amide bonds. The Labute approximate surface area is 88.9 Å². The van der Waals surface area contributed by atoms with Gasteiger partial charge < -0.3 is 10.6 Å². The Kier molecular flexibility index (Phi) is 1.83. The van der Waals surface area contributed by atoms with E-state index in [1.54, 1.807) is 0 Å². The Balaban J connectivity index is 2.15. The van der Waals surface area contributed by atoms with Gasteiger partial charge in [-0.05, 0) is 18.1 Å². The monoisotopic (exact) mass is 202 g/mol. The summed E-state index contributed by atoms with van der Waals surface area (Å²) in [6, 6.07) is 6.25. The molecule has 0 radical (unpaired) electrons. The molecule has 3 heteroatoms. The highest BCUT2D eigenvalue weighted by molar-refractivity contribution is 5.97. The molecule has 0 bridgehead atoms. The van der Waals surface area contributed by atoms with Gasteiger partial charge in [-0.3, -0.25) is 4.79 Å². The number of rotatable bonds is 0. The van der Waals surface area contributed by atoms with Crippen LogP contribution in [0.2, 0.25) is 0 Å². The van der Waals surface area contributed by atoms with Crippen LogP contribution in [0.4, 0.5) is 5.69 Å². The maximum Gasteiger partial charge on any atom is 0.229 e. The molecule has 1 aromatic rings. The van der Waals surface area contributed by atoms with Crippen molar-refractivity contribution in [1.29, 1.82) is 0 Å². The molecule has 2 heterocycles. The lowest BCUT2D eigenvalue weighted by Crippen LogP contribution is -2.33. The number of fused-ring (bicyclic) bond motifs is 3. The number of carbonyl (C=O) groups is 1. The predicted molar refractivity (Wildman–Crippen MR) is 58.9 cm³/mol. The Hall–Kier alpha value is -1.35. The van der Waals surface area contributed by atoms with Crippen molar-refractivity contribution in [2.45, 2.75) is 12.8 Å². The number of para-hydroxylation sites is 1. The number of nitrogens with one attached hydrogen (secondary N) is 2. The molecule has 3 rings (SSSR count). The molecule has 2 aliphatic rings. The number of hydrogen-bond acceptors (Lipinski definition) is 2. The maximum absolute atomic E-state index is 11.8. The van der Waals surface area contributed by atoms with Crippen LogP contribution in [0, 0.1) is 12.8 Å². The van der Waals surface area contributed by atoms with E-state index in [1.807, 2.05) is 13.0 Å². The van der Waals surface area contributed by atoms with E-state index in [9.17, 15) is 4.79 Å². The number of benzene rings is 1. The number of carbonyl (C=O) groups excluding carboxylic acids is 1. The Bertz CT molecular complexity index is 428. The third kappa shape index (κ3) is 1.20. The first-order valence-corrected chi connectivity index (χ1v) is 5.38. The van der Waals surface area contributed by atoms with Gasteiger partial charge in [-0.1, -0.05) is 18.2 Å². The van der Waals surface area contributed by atoms with E-state index >= 15 is 0 Å². The second-order valence-corrected chi connectivity index (χ2v) is 4.40. The first kappa shape index (κ1) is 8.92. The van der Waals surface area contributed by atoms with Crippen LogP contribution in [0.3, 0.4) is 0 Å². The Morgan fingerprint density at radius 3 is 2.93 bits per heavy atom. The normalized spacial score (nSPS) is 28.2. The van der Waals surface area contributed by atoms with Crippen molar-refractivity contribution < 1.29 is 4.79 Å². The summed E-state index contributed by atoms with van der Waals surface area (Å²) in [5, 5.41) is 6.31. The standard InChI is InChI=1S/C12H14N2O/c1-7-3-2-4-8-9-5-13-6-10(9)12(15)14-11(7)8/h2-4,9-10,13H,5-6H2,1H3,(H,14,15)/t9-,10-/m0/s1. The molecule has 1 fully saturated rings. The predicted octanol–water partition coefficient (Wildman–Crippen LogP) is 1.25. The summed E-state index contributed by atoms with van der Waals surface area (Å²) in [5.74, 6) is 0.666. The maximum atomic E-state index is 11.8. The number of amides is 1. The fourth-order valence-electron chi connectivity index (χ4n) is 2.67. The SMILES string of the molecule is Cc1cccc2c1NC(=O)[C@H]1CNC[C@@H]21. The van der Waals surface area contributed by atoms with Gasteiger partial charge in [0.25, 0.3) is 0 Å². The Morgan fingerprint density at radius 1 is 1.27 bits per heavy atom. The van der Waals surface area contributed by atoms with Crippen LogP contribution < -0.4 is 10.6 Å². The largest absolute Gasteiger partial charge is 0.325 e. The number of hydrogen-bond donors (Lipinski definition) is 2. The van der Waals surface area contributed by atoms with E-state index in [-0.39, 0.29) is 11.8 Å². The first-order chi connectivity index (χ1) is 7.27. The zero-order chi connectivity index (χ0) is 10.4. The van der Waals surface area contributed by atoms with Crippen LogP contribution >= 0.6 is 0 Å². The minimum atomic E-state index is 0.124. The second-order valence-electron chi connectivity index (χ2n) is 4.40. The fourth-order valence-corrected chi connectivity index (χ4v) is 2.67. The molecule has 0 unspecified atom stereocenters. The lowest BCUT2D eigenvalue weighted by molar-refractivity contribution is -0.120. The van der Waals surface area contributed by atoms with Crippen LogP contribution in [-0.4, -0.2) is 19.0 Å². The molecular weight excluding hydrogens is 188 g/mol. The average molecular weight is 202 g/mol. The summed E-state index contributed by atoms with van der Waals surface area (Å²) in [6.07, 6.45) is 0. The highest BCUT2D eigenvalue weighted by Crippen LogP contribution is 2.39. The number of anilines is 1. The summed E-state index contributed by atoms with van der Waals surface area (Å²) >= 11 is 0. The van der Waals surface area contributed by atoms with Crippen LogP contribution in [0.25, 0.3) is 0 Å². The molecule has 0 aliphatic carbocycles. The van der Waals surface area contributed by atoms with Crippen molar-refractivity contribution in [1.82, 2.24) is 5.32 Å². The molecule has 1 aromatic carbocycles. The third-order valence-corrected chi connectivity index (χ3v) is 3.50. The summed E-state index contributed by atoms with van der Waals surface area (Å²) in [7, 11) is 0. The van der Waals surface area contributed by atoms with Gasteiger partial charge >= 0.3 is 0 Å². The van der Waals surface area contributed by atoms with Crippen LogP contribution in [0.1, 0.15) is 17.0 Å². The molecule has 1 saturated heterocycles. The van der Waals surface area contributed by atoms with Crippen molar-refractivity contribution >= 4 is 11.6 Å². The molecule has 3 nitrogen and oxygen atoms in total. The van der Waals surface area contributed by atoms with E-state index < -0.39 is 0 Å². The quantitative estimate of drug-likeness (QED) is 0.664. The van der Waals surface area contributed by atoms with Gasteiger partial charge in [0.1, 0.15) is 0 Å². The van der Waals surface area contributed by atoms with Crippen LogP contribution in [-0.2, 0) is 4.79 Å². The molecule has 2 aliphatic heterocycles. The molecule has 78 valence electrons. The number of aryl methyl sites for hydroxylation is 1. The fraction of sp³-hybridized carbons (Fsp3) is 0.417. The highest BCUT2D eigenvalue weighted by atomic mass is 16.2. The summed E-state index contributed by atoms with van der Waals surface area (Å²) in [5.41, 5.74) is 3.49. The van der Waals surface area contributed by atoms with Crippen molar-refractivity contribution in [2.24, 2.45) is 5.92 Å². The van der Waals surface area contributed by atoms with E-state index in [0.717, 1.165) is 24.3 Å². The lowest BCUT2D eigenvalue weighted by Gasteiger charge is -2.28. The minimum Gasteiger partial charge on any atom is -0.325 e. The Morgan fingerprint density at radius 2 is 2.07 bits per heavy atom. The average Bonchev–Trinajstić information content (AvgIpc) is 2.69. The zero-order valence-electron chi connectivity index (χ0n) is 8.71. The third-order valence-electron chi connectivity index (χ3n) is 3.50. The van der Waals surface area contributed by atoms with Crippen molar-refractivity contribution in [3.8, 4) is 0 Å². The zero-order valence-corrected chi connectivity index (χ0v) is 8.71. The molecule has 0 aromatic heterocycles. The molecule has 15 heavy (non-hydrogen) atoms. The molecule has 2 N–H and O–H groups in total. The van der Waals surface area contributed by atoms with Gasteiger partial charge in [0.05, 0.1) is 5.92 Å². The van der Waals surface area contributed by atoms with Gasteiger partial charge in [0.2, 0.25) is 5.91 Å². The highest BCUT2D eigenvalue weighted by Gasteiger charge is 2.39. The van der Waals surface area contributed by atoms with Crippen molar-refractivity contribution in [3.05, 3.63) is 29.3 Å². The van der Waals surface area contributed by atoms with E-state index in [0.29, 0.717) is 5.92 Å². The minimum absolute atomic E-state index is 0.124. The van der Waals surface area contributed by atoms with Gasteiger partial charge in [-0.25, -0.2) is 0 Å². The van der Waals surface area contributed by atoms with Gasteiger partial charge in [-0.2, -0.15) is 0 Å². The van der Waals surface area contributed by atoms with E-state index in [2.05, 4.69) is 22.8 Å². The first-order valence-electron chi connectivity index (χ1n) is 5.38. The lowest BCUT2D eigenvalue weighted by atomic mass is 9.83. The molecular formula is C12H14N2O. The molecule has 0 spiro atoms. The second kappa shape index (κ2) is 3.07. The summed E-state index contributed by atoms with van der Waals surface area (Å²) < 4.78 is 0. The van der Waals surface area contributed by atoms with Crippen molar-refractivity contribution in [3.63, 3.8) is 0 Å². The molecule has 2 atom stereocenters. The summed E-state index contributed by atoms with van der Waals surface area (Å²) in [4.78, 5) is 11.8. The van der Waals surface area contributed by atoms with E-state index in [4.69, 9.17) is 0 Å². The van der Waals surface area contributed by atoms with Gasteiger partial charge in [0, 0.05) is 24.7 Å². The van der Waals surface area contributed by atoms with Crippen LogP contribution in [0.15, 0.2) is 18.2 Å². The van der Waals surface area contributed by atoms with Crippen LogP contribution in [0.5, 0.6) is 0 Å². The summed E-state index contributed by atoms with van der Waals surface area (Å²) in [6.45, 7) is 3.78. The van der Waals surface area contributed by atoms with Gasteiger partial charge in [-0.15, -0.1) is 0 Å². The smallest absolute Gasteiger partial charge is 0.229 e. The topological polar surface area (TPSA) is 41.1 Å². The van der Waals surface area contributed by atoms with Gasteiger partial charge in [0.15, 0.2) is 0 Å². The van der Waals surface area contributed by atoms with Crippen molar-refractivity contribution in [2.75, 3.05) is 18.4 Å². The molecule has 0 saturated carbocycles.